The highest BCUT2D eigenvalue weighted by molar-refractivity contribution is 14.1. The standard InChI is InChI=1S/C10H8F2INO/c1-10(2)6-7(12)5(13)3-4(11)8(6)14-9(10)15/h3H,1-2H3,(H,14,15). The summed E-state index contributed by atoms with van der Waals surface area (Å²) in [6.07, 6.45) is 0. The van der Waals surface area contributed by atoms with Gasteiger partial charge in [-0.15, -0.1) is 0 Å². The molecule has 0 fully saturated rings. The van der Waals surface area contributed by atoms with Gasteiger partial charge in [0.25, 0.3) is 0 Å². The first-order valence-electron chi connectivity index (χ1n) is 4.35. The lowest BCUT2D eigenvalue weighted by Gasteiger charge is -2.16. The molecule has 0 atom stereocenters. The first kappa shape index (κ1) is 10.8. The zero-order valence-electron chi connectivity index (χ0n) is 8.12. The van der Waals surface area contributed by atoms with Gasteiger partial charge in [-0.25, -0.2) is 8.78 Å². The van der Waals surface area contributed by atoms with Crippen molar-refractivity contribution in [1.29, 1.82) is 0 Å². The number of halogens is 3. The second-order valence-electron chi connectivity index (χ2n) is 3.98. The highest BCUT2D eigenvalue weighted by atomic mass is 127. The molecular formula is C10H8F2INO. The lowest BCUT2D eigenvalue weighted by molar-refractivity contribution is -0.119. The van der Waals surface area contributed by atoms with Crippen LogP contribution in [0.5, 0.6) is 0 Å². The van der Waals surface area contributed by atoms with Crippen molar-refractivity contribution in [1.82, 2.24) is 0 Å². The van der Waals surface area contributed by atoms with Gasteiger partial charge < -0.3 is 5.32 Å². The van der Waals surface area contributed by atoms with Gasteiger partial charge >= 0.3 is 0 Å². The van der Waals surface area contributed by atoms with Crippen LogP contribution in [0.3, 0.4) is 0 Å². The highest BCUT2D eigenvalue weighted by Gasteiger charge is 2.43. The van der Waals surface area contributed by atoms with Crippen molar-refractivity contribution in [2.45, 2.75) is 19.3 Å². The fraction of sp³-hybridized carbons (Fsp3) is 0.300. The Labute approximate surface area is 99.2 Å². The van der Waals surface area contributed by atoms with E-state index in [0.717, 1.165) is 6.07 Å². The number of carbonyl (C=O) groups excluding carboxylic acids is 1. The third-order valence-corrected chi connectivity index (χ3v) is 3.39. The summed E-state index contributed by atoms with van der Waals surface area (Å²) in [5.74, 6) is -1.48. The predicted molar refractivity (Wildman–Crippen MR) is 60.7 cm³/mol. The van der Waals surface area contributed by atoms with Gasteiger partial charge in [-0.2, -0.15) is 0 Å². The van der Waals surface area contributed by atoms with Gasteiger partial charge in [-0.1, -0.05) is 0 Å². The molecule has 0 saturated carbocycles. The summed E-state index contributed by atoms with van der Waals surface area (Å²) >= 11 is 1.71. The number of carbonyl (C=O) groups is 1. The van der Waals surface area contributed by atoms with Crippen LogP contribution in [-0.4, -0.2) is 5.91 Å². The molecule has 1 amide bonds. The molecule has 1 aromatic carbocycles. The number of anilines is 1. The number of fused-ring (bicyclic) bond motifs is 1. The zero-order chi connectivity index (χ0) is 11.4. The minimum absolute atomic E-state index is 0.0251. The van der Waals surface area contributed by atoms with Gasteiger partial charge in [0, 0.05) is 5.56 Å². The van der Waals surface area contributed by atoms with Crippen LogP contribution in [0, 0.1) is 15.2 Å². The largest absolute Gasteiger partial charge is 0.322 e. The SMILES string of the molecule is CC1(C)C(=O)Nc2c(F)cc(I)c(F)c21. The summed E-state index contributed by atoms with van der Waals surface area (Å²) in [6, 6.07) is 1.08. The maximum atomic E-state index is 13.8. The van der Waals surface area contributed by atoms with Gasteiger partial charge in [0.2, 0.25) is 5.91 Å². The van der Waals surface area contributed by atoms with Crippen LogP contribution in [0.25, 0.3) is 0 Å². The van der Waals surface area contributed by atoms with E-state index in [4.69, 9.17) is 0 Å². The van der Waals surface area contributed by atoms with Crippen molar-refractivity contribution in [2.24, 2.45) is 0 Å². The summed E-state index contributed by atoms with van der Waals surface area (Å²) in [5, 5.41) is 2.37. The maximum absolute atomic E-state index is 13.8. The van der Waals surface area contributed by atoms with Gasteiger partial charge in [0.05, 0.1) is 14.7 Å². The normalized spacial score (nSPS) is 17.5. The Hall–Kier alpha value is -0.720. The summed E-state index contributed by atoms with van der Waals surface area (Å²) < 4.78 is 27.4. The van der Waals surface area contributed by atoms with E-state index in [1.165, 1.54) is 0 Å². The van der Waals surface area contributed by atoms with Gasteiger partial charge in [-0.05, 0) is 42.5 Å². The average molecular weight is 323 g/mol. The zero-order valence-corrected chi connectivity index (χ0v) is 10.3. The molecular weight excluding hydrogens is 315 g/mol. The Kier molecular flexibility index (Phi) is 2.25. The number of hydrogen-bond donors (Lipinski definition) is 1. The Balaban J connectivity index is 2.81. The van der Waals surface area contributed by atoms with E-state index >= 15 is 0 Å². The van der Waals surface area contributed by atoms with Crippen LogP contribution in [0.2, 0.25) is 0 Å². The third-order valence-electron chi connectivity index (χ3n) is 2.60. The Morgan fingerprint density at radius 1 is 1.40 bits per heavy atom. The second-order valence-corrected chi connectivity index (χ2v) is 5.15. The van der Waals surface area contributed by atoms with Crippen LogP contribution in [-0.2, 0) is 10.2 Å². The van der Waals surface area contributed by atoms with Crippen LogP contribution >= 0.6 is 22.6 Å². The quantitative estimate of drug-likeness (QED) is 0.577. The molecule has 1 heterocycles. The van der Waals surface area contributed by atoms with E-state index in [9.17, 15) is 13.6 Å². The number of hydrogen-bond acceptors (Lipinski definition) is 1. The molecule has 1 N–H and O–H groups in total. The minimum Gasteiger partial charge on any atom is -0.322 e. The molecule has 5 heteroatoms. The monoisotopic (exact) mass is 323 g/mol. The Morgan fingerprint density at radius 3 is 2.60 bits per heavy atom. The molecule has 1 aromatic rings. The molecule has 0 bridgehead atoms. The van der Waals surface area contributed by atoms with Crippen molar-refractivity contribution in [3.63, 3.8) is 0 Å². The van der Waals surface area contributed by atoms with Crippen molar-refractivity contribution < 1.29 is 13.6 Å². The molecule has 0 spiro atoms. The van der Waals surface area contributed by atoms with Crippen LogP contribution in [0.15, 0.2) is 6.07 Å². The first-order chi connectivity index (χ1) is 6.85. The van der Waals surface area contributed by atoms with E-state index in [0.29, 0.717) is 0 Å². The summed E-state index contributed by atoms with van der Waals surface area (Å²) in [5.41, 5.74) is -0.915. The number of rotatable bonds is 0. The molecule has 1 aliphatic rings. The number of benzene rings is 1. The number of nitrogens with one attached hydrogen (secondary N) is 1. The molecule has 15 heavy (non-hydrogen) atoms. The third kappa shape index (κ3) is 1.36. The molecule has 0 aromatic heterocycles. The molecule has 0 saturated heterocycles. The lowest BCUT2D eigenvalue weighted by Crippen LogP contribution is -2.27. The van der Waals surface area contributed by atoms with Crippen molar-refractivity contribution in [3.05, 3.63) is 26.8 Å². The molecule has 0 aliphatic carbocycles. The number of amides is 1. The molecule has 0 unspecified atom stereocenters. The van der Waals surface area contributed by atoms with Gasteiger partial charge in [0.1, 0.15) is 11.6 Å². The summed E-state index contributed by atoms with van der Waals surface area (Å²) in [6.45, 7) is 3.15. The van der Waals surface area contributed by atoms with E-state index in [-0.39, 0.29) is 20.7 Å². The molecule has 2 nitrogen and oxygen atoms in total. The van der Waals surface area contributed by atoms with E-state index < -0.39 is 17.0 Å². The summed E-state index contributed by atoms with van der Waals surface area (Å²) in [4.78, 5) is 11.5. The second kappa shape index (κ2) is 3.13. The first-order valence-corrected chi connectivity index (χ1v) is 5.43. The topological polar surface area (TPSA) is 29.1 Å². The van der Waals surface area contributed by atoms with Crippen molar-refractivity contribution in [3.8, 4) is 0 Å². The van der Waals surface area contributed by atoms with E-state index in [1.54, 1.807) is 36.4 Å². The van der Waals surface area contributed by atoms with Crippen LogP contribution in [0.1, 0.15) is 19.4 Å². The van der Waals surface area contributed by atoms with Gasteiger partial charge in [0.15, 0.2) is 0 Å². The minimum atomic E-state index is -1.01. The molecule has 80 valence electrons. The molecule has 2 rings (SSSR count). The molecule has 0 radical (unpaired) electrons. The van der Waals surface area contributed by atoms with Crippen molar-refractivity contribution in [2.75, 3.05) is 5.32 Å². The Bertz CT molecular complexity index is 471. The van der Waals surface area contributed by atoms with Crippen molar-refractivity contribution >= 4 is 34.2 Å². The smallest absolute Gasteiger partial charge is 0.234 e. The fourth-order valence-corrected chi connectivity index (χ4v) is 2.23. The van der Waals surface area contributed by atoms with E-state index in [2.05, 4.69) is 5.32 Å². The van der Waals surface area contributed by atoms with E-state index in [1.807, 2.05) is 0 Å². The summed E-state index contributed by atoms with van der Waals surface area (Å²) in [7, 11) is 0. The Morgan fingerprint density at radius 2 is 2.00 bits per heavy atom. The highest BCUT2D eigenvalue weighted by Crippen LogP contribution is 2.41. The van der Waals surface area contributed by atoms with Crippen LogP contribution < -0.4 is 5.32 Å². The average Bonchev–Trinajstić information content (AvgIpc) is 2.36. The predicted octanol–water partition coefficient (Wildman–Crippen LogP) is 2.80. The molecule has 1 aliphatic heterocycles. The maximum Gasteiger partial charge on any atom is 0.234 e. The fourth-order valence-electron chi connectivity index (χ4n) is 1.69. The van der Waals surface area contributed by atoms with Gasteiger partial charge in [-0.3, -0.25) is 4.79 Å². The van der Waals surface area contributed by atoms with Crippen LogP contribution in [0.4, 0.5) is 14.5 Å². The lowest BCUT2D eigenvalue weighted by atomic mass is 9.86.